The second kappa shape index (κ2) is 6.38. The van der Waals surface area contributed by atoms with Crippen LogP contribution in [0.5, 0.6) is 5.75 Å². The molecular formula is C22H20N2OS. The molecule has 130 valence electrons. The molecule has 4 aromatic rings. The summed E-state index contributed by atoms with van der Waals surface area (Å²) >= 11 is 1.80. The Bertz CT molecular complexity index is 1050. The van der Waals surface area contributed by atoms with E-state index in [1.54, 1.807) is 11.3 Å². The van der Waals surface area contributed by atoms with E-state index < -0.39 is 0 Å². The summed E-state index contributed by atoms with van der Waals surface area (Å²) in [5.41, 5.74) is 2.11. The van der Waals surface area contributed by atoms with Crippen LogP contribution in [-0.2, 0) is 6.54 Å². The number of phenolic OH excluding ortho intramolecular Hbond substituents is 1. The summed E-state index contributed by atoms with van der Waals surface area (Å²) in [5, 5.41) is 14.0. The van der Waals surface area contributed by atoms with Crippen LogP contribution < -0.4 is 0 Å². The molecule has 0 bridgehead atoms. The Labute approximate surface area is 156 Å². The number of fused-ring (bicyclic) bond motifs is 2. The number of nitrogens with zero attached hydrogens (tertiary/aromatic N) is 2. The average molecular weight is 360 g/mol. The number of aromatic nitrogens is 1. The maximum absolute atomic E-state index is 10.5. The molecule has 4 heteroatoms. The molecule has 3 aromatic carbocycles. The Morgan fingerprint density at radius 3 is 2.81 bits per heavy atom. The summed E-state index contributed by atoms with van der Waals surface area (Å²) in [4.78, 5) is 7.36. The summed E-state index contributed by atoms with van der Waals surface area (Å²) in [6, 6.07) is 20.8. The summed E-state index contributed by atoms with van der Waals surface area (Å²) in [6.07, 6.45) is 2.30. The lowest BCUT2D eigenvalue weighted by atomic mass is 10.0. The number of hydrogen-bond donors (Lipinski definition) is 1. The van der Waals surface area contributed by atoms with E-state index in [2.05, 4.69) is 35.2 Å². The molecule has 1 aliphatic rings. The van der Waals surface area contributed by atoms with Gasteiger partial charge in [-0.15, -0.1) is 11.3 Å². The minimum Gasteiger partial charge on any atom is -0.508 e. The quantitative estimate of drug-likeness (QED) is 0.525. The van der Waals surface area contributed by atoms with Gasteiger partial charge < -0.3 is 5.11 Å². The van der Waals surface area contributed by atoms with Crippen LogP contribution in [0.25, 0.3) is 21.0 Å². The monoisotopic (exact) mass is 360 g/mol. The number of phenols is 1. The molecule has 1 atom stereocenters. The van der Waals surface area contributed by atoms with Gasteiger partial charge in [-0.2, -0.15) is 0 Å². The molecule has 5 rings (SSSR count). The maximum atomic E-state index is 10.5. The highest BCUT2D eigenvalue weighted by Crippen LogP contribution is 2.39. The zero-order valence-electron chi connectivity index (χ0n) is 14.4. The first kappa shape index (κ1) is 15.8. The van der Waals surface area contributed by atoms with Crippen molar-refractivity contribution in [3.63, 3.8) is 0 Å². The molecule has 0 saturated carbocycles. The summed E-state index contributed by atoms with van der Waals surface area (Å²) in [6.45, 7) is 1.80. The first-order chi connectivity index (χ1) is 12.8. The van der Waals surface area contributed by atoms with Crippen molar-refractivity contribution >= 4 is 32.3 Å². The first-order valence-electron chi connectivity index (χ1n) is 9.09. The lowest BCUT2D eigenvalue weighted by Gasteiger charge is -2.24. The fourth-order valence-corrected chi connectivity index (χ4v) is 5.16. The SMILES string of the molecule is Oc1ccc2ccccc2c1CN1CCCC1c1nc2ccccc2s1. The van der Waals surface area contributed by atoms with Gasteiger partial charge >= 0.3 is 0 Å². The maximum Gasteiger partial charge on any atom is 0.120 e. The number of para-hydroxylation sites is 1. The molecule has 1 aromatic heterocycles. The van der Waals surface area contributed by atoms with Crippen LogP contribution in [0.4, 0.5) is 0 Å². The molecule has 1 N–H and O–H groups in total. The summed E-state index contributed by atoms with van der Waals surface area (Å²) in [5.74, 6) is 0.388. The zero-order valence-corrected chi connectivity index (χ0v) is 15.2. The van der Waals surface area contributed by atoms with Crippen LogP contribution in [0.1, 0.15) is 29.5 Å². The molecule has 1 saturated heterocycles. The van der Waals surface area contributed by atoms with Crippen molar-refractivity contribution in [1.82, 2.24) is 9.88 Å². The summed E-state index contributed by atoms with van der Waals surface area (Å²) < 4.78 is 1.25. The number of hydrogen-bond acceptors (Lipinski definition) is 4. The van der Waals surface area contributed by atoms with Crippen LogP contribution in [-0.4, -0.2) is 21.5 Å². The van der Waals surface area contributed by atoms with E-state index in [1.165, 1.54) is 21.5 Å². The van der Waals surface area contributed by atoms with E-state index in [9.17, 15) is 5.11 Å². The number of benzene rings is 3. The van der Waals surface area contributed by atoms with E-state index in [0.717, 1.165) is 36.0 Å². The molecular weight excluding hydrogens is 340 g/mol. The van der Waals surface area contributed by atoms with E-state index in [-0.39, 0.29) is 0 Å². The molecule has 0 aliphatic carbocycles. The van der Waals surface area contributed by atoms with Crippen molar-refractivity contribution in [3.05, 3.63) is 71.2 Å². The molecule has 0 amide bonds. The van der Waals surface area contributed by atoms with E-state index >= 15 is 0 Å². The van der Waals surface area contributed by atoms with Gasteiger partial charge in [-0.1, -0.05) is 42.5 Å². The molecule has 3 nitrogen and oxygen atoms in total. The number of thiazole rings is 1. The van der Waals surface area contributed by atoms with Crippen molar-refractivity contribution in [2.45, 2.75) is 25.4 Å². The number of rotatable bonds is 3. The number of likely N-dealkylation sites (tertiary alicyclic amines) is 1. The molecule has 0 spiro atoms. The standard InChI is InChI=1S/C22H20N2OS/c25-20-12-11-15-6-1-2-7-16(15)17(20)14-24-13-5-9-19(24)22-23-18-8-3-4-10-21(18)26-22/h1-4,6-8,10-12,19,25H,5,9,13-14H2. The van der Waals surface area contributed by atoms with Gasteiger partial charge in [-0.25, -0.2) is 4.98 Å². The highest BCUT2D eigenvalue weighted by molar-refractivity contribution is 7.18. The van der Waals surface area contributed by atoms with Crippen LogP contribution in [0, 0.1) is 0 Å². The van der Waals surface area contributed by atoms with Crippen LogP contribution >= 0.6 is 11.3 Å². The van der Waals surface area contributed by atoms with Crippen LogP contribution in [0.3, 0.4) is 0 Å². The Balaban J connectivity index is 1.51. The molecule has 26 heavy (non-hydrogen) atoms. The highest BCUT2D eigenvalue weighted by Gasteiger charge is 2.29. The Morgan fingerprint density at radius 1 is 1.04 bits per heavy atom. The van der Waals surface area contributed by atoms with Gasteiger partial charge in [0.15, 0.2) is 0 Å². The van der Waals surface area contributed by atoms with Crippen molar-refractivity contribution < 1.29 is 5.11 Å². The predicted molar refractivity (Wildman–Crippen MR) is 108 cm³/mol. The largest absolute Gasteiger partial charge is 0.508 e. The molecule has 1 aliphatic heterocycles. The van der Waals surface area contributed by atoms with Gasteiger partial charge in [0.1, 0.15) is 10.8 Å². The second-order valence-corrected chi connectivity index (χ2v) is 7.99. The third-order valence-electron chi connectivity index (χ3n) is 5.34. The average Bonchev–Trinajstić information content (AvgIpc) is 3.30. The minimum absolute atomic E-state index is 0.339. The fourth-order valence-electron chi connectivity index (χ4n) is 4.02. The molecule has 1 unspecified atom stereocenters. The summed E-state index contributed by atoms with van der Waals surface area (Å²) in [7, 11) is 0. The molecule has 2 heterocycles. The first-order valence-corrected chi connectivity index (χ1v) is 9.90. The van der Waals surface area contributed by atoms with Crippen molar-refractivity contribution in [2.24, 2.45) is 0 Å². The fraction of sp³-hybridized carbons (Fsp3) is 0.227. The van der Waals surface area contributed by atoms with Crippen molar-refractivity contribution in [2.75, 3.05) is 6.54 Å². The smallest absolute Gasteiger partial charge is 0.120 e. The Morgan fingerprint density at radius 2 is 1.88 bits per heavy atom. The van der Waals surface area contributed by atoms with E-state index in [4.69, 9.17) is 4.98 Å². The van der Waals surface area contributed by atoms with Gasteiger partial charge in [0, 0.05) is 12.1 Å². The van der Waals surface area contributed by atoms with E-state index in [0.29, 0.717) is 11.8 Å². The van der Waals surface area contributed by atoms with Gasteiger partial charge in [-0.05, 0) is 48.4 Å². The molecule has 0 radical (unpaired) electrons. The lowest BCUT2D eigenvalue weighted by Crippen LogP contribution is -2.22. The number of aromatic hydroxyl groups is 1. The second-order valence-electron chi connectivity index (χ2n) is 6.93. The van der Waals surface area contributed by atoms with Crippen molar-refractivity contribution in [1.29, 1.82) is 0 Å². The molecule has 1 fully saturated rings. The normalized spacial score (nSPS) is 18.1. The van der Waals surface area contributed by atoms with Gasteiger partial charge in [0.25, 0.3) is 0 Å². The predicted octanol–water partition coefficient (Wildman–Crippen LogP) is 5.49. The van der Waals surface area contributed by atoms with Crippen molar-refractivity contribution in [3.8, 4) is 5.75 Å². The van der Waals surface area contributed by atoms with E-state index in [1.807, 2.05) is 30.3 Å². The Kier molecular flexibility index (Phi) is 3.88. The van der Waals surface area contributed by atoms with Gasteiger partial charge in [0.05, 0.1) is 16.3 Å². The minimum atomic E-state index is 0.339. The highest BCUT2D eigenvalue weighted by atomic mass is 32.1. The Hall–Kier alpha value is -2.43. The van der Waals surface area contributed by atoms with Crippen LogP contribution in [0.15, 0.2) is 60.7 Å². The third kappa shape index (κ3) is 2.66. The van der Waals surface area contributed by atoms with Crippen LogP contribution in [0.2, 0.25) is 0 Å². The third-order valence-corrected chi connectivity index (χ3v) is 6.47. The zero-order chi connectivity index (χ0) is 17.5. The topological polar surface area (TPSA) is 36.4 Å². The lowest BCUT2D eigenvalue weighted by molar-refractivity contribution is 0.246. The van der Waals surface area contributed by atoms with Gasteiger partial charge in [0.2, 0.25) is 0 Å². The van der Waals surface area contributed by atoms with Gasteiger partial charge in [-0.3, -0.25) is 4.90 Å².